The normalized spacial score (nSPS) is 33.6. The Balaban J connectivity index is 2.14. The maximum atomic E-state index is 4.46. The van der Waals surface area contributed by atoms with E-state index in [-0.39, 0.29) is 0 Å². The molecule has 2 unspecified atom stereocenters. The highest BCUT2D eigenvalue weighted by Crippen LogP contribution is 2.23. The van der Waals surface area contributed by atoms with Crippen molar-refractivity contribution >= 4 is 11.4 Å². The molecule has 2 nitrogen and oxygen atoms in total. The molecule has 98 valence electrons. The van der Waals surface area contributed by atoms with Gasteiger partial charge in [0.2, 0.25) is 0 Å². The zero-order valence-electron chi connectivity index (χ0n) is 12.0. The minimum absolute atomic E-state index is 0.705. The third kappa shape index (κ3) is 3.66. The molecule has 2 rings (SSSR count). The quantitative estimate of drug-likeness (QED) is 0.605. The van der Waals surface area contributed by atoms with E-state index in [1.54, 1.807) is 0 Å². The predicted octanol–water partition coefficient (Wildman–Crippen LogP) is 4.54. The van der Waals surface area contributed by atoms with Crippen molar-refractivity contribution in [3.05, 3.63) is 23.3 Å². The Bertz CT molecular complexity index is 396. The summed E-state index contributed by atoms with van der Waals surface area (Å²) < 4.78 is 0. The van der Waals surface area contributed by atoms with Crippen LogP contribution in [-0.4, -0.2) is 11.4 Å². The fourth-order valence-corrected chi connectivity index (χ4v) is 3.03. The third-order valence-electron chi connectivity index (χ3n) is 3.59. The fourth-order valence-electron chi connectivity index (χ4n) is 3.03. The Labute approximate surface area is 111 Å². The van der Waals surface area contributed by atoms with Crippen LogP contribution in [0.2, 0.25) is 0 Å². The Morgan fingerprint density at radius 1 is 0.778 bits per heavy atom. The number of rotatable bonds is 1. The van der Waals surface area contributed by atoms with Gasteiger partial charge in [-0.15, -0.1) is 0 Å². The molecule has 0 N–H and O–H groups in total. The van der Waals surface area contributed by atoms with Crippen LogP contribution in [0.25, 0.3) is 0 Å². The second kappa shape index (κ2) is 5.64. The standard InChI is InChI=1S/C16H24N2/c1-11-5-12(2)8-15(7-11)17-18-16-9-13(3)6-14(4)10-16/h7,9,12,14H,5-6,8,10H2,1-4H3/b17-15+,18-16+. The van der Waals surface area contributed by atoms with E-state index in [0.717, 1.165) is 24.3 Å². The molecule has 0 aromatic carbocycles. The van der Waals surface area contributed by atoms with Gasteiger partial charge in [0.1, 0.15) is 0 Å². The van der Waals surface area contributed by atoms with Crippen molar-refractivity contribution in [2.45, 2.75) is 53.4 Å². The van der Waals surface area contributed by atoms with Gasteiger partial charge in [0, 0.05) is 0 Å². The molecule has 18 heavy (non-hydrogen) atoms. The molecule has 2 aliphatic rings. The Morgan fingerprint density at radius 3 is 1.50 bits per heavy atom. The van der Waals surface area contributed by atoms with Gasteiger partial charge in [0.05, 0.1) is 11.4 Å². The lowest BCUT2D eigenvalue weighted by molar-refractivity contribution is 0.588. The molecule has 0 fully saturated rings. The lowest BCUT2D eigenvalue weighted by Gasteiger charge is -2.18. The smallest absolute Gasteiger partial charge is 0.0632 e. The van der Waals surface area contributed by atoms with Crippen LogP contribution in [0.4, 0.5) is 0 Å². The summed E-state index contributed by atoms with van der Waals surface area (Å²) in [6.07, 6.45) is 8.93. The highest BCUT2D eigenvalue weighted by atomic mass is 15.2. The maximum Gasteiger partial charge on any atom is 0.0632 e. The van der Waals surface area contributed by atoms with Crippen LogP contribution < -0.4 is 0 Å². The lowest BCUT2D eigenvalue weighted by Crippen LogP contribution is -2.12. The van der Waals surface area contributed by atoms with Crippen LogP contribution in [-0.2, 0) is 0 Å². The van der Waals surface area contributed by atoms with E-state index in [9.17, 15) is 0 Å². The second-order valence-electron chi connectivity index (χ2n) is 6.19. The van der Waals surface area contributed by atoms with Gasteiger partial charge in [-0.25, -0.2) is 0 Å². The monoisotopic (exact) mass is 244 g/mol. The summed E-state index contributed by atoms with van der Waals surface area (Å²) >= 11 is 0. The average Bonchev–Trinajstić information content (AvgIpc) is 2.23. The molecule has 0 aromatic heterocycles. The van der Waals surface area contributed by atoms with Gasteiger partial charge < -0.3 is 0 Å². The molecule has 0 spiro atoms. The minimum atomic E-state index is 0.705. The Kier molecular flexibility index (Phi) is 4.15. The summed E-state index contributed by atoms with van der Waals surface area (Å²) in [5.74, 6) is 1.41. The highest BCUT2D eigenvalue weighted by Gasteiger charge is 2.14. The van der Waals surface area contributed by atoms with Gasteiger partial charge in [-0.2, -0.15) is 10.2 Å². The van der Waals surface area contributed by atoms with Gasteiger partial charge in [0.15, 0.2) is 0 Å². The average molecular weight is 244 g/mol. The topological polar surface area (TPSA) is 24.7 Å². The molecule has 0 radical (unpaired) electrons. The molecule has 0 aromatic rings. The predicted molar refractivity (Wildman–Crippen MR) is 79.2 cm³/mol. The van der Waals surface area contributed by atoms with E-state index >= 15 is 0 Å². The van der Waals surface area contributed by atoms with Gasteiger partial charge in [-0.3, -0.25) is 0 Å². The van der Waals surface area contributed by atoms with Crippen molar-refractivity contribution in [1.29, 1.82) is 0 Å². The van der Waals surface area contributed by atoms with E-state index < -0.39 is 0 Å². The molecule has 0 saturated carbocycles. The van der Waals surface area contributed by atoms with Crippen LogP contribution in [0.5, 0.6) is 0 Å². The molecule has 0 bridgehead atoms. The number of hydrogen-bond acceptors (Lipinski definition) is 2. The van der Waals surface area contributed by atoms with E-state index in [1.165, 1.54) is 24.0 Å². The van der Waals surface area contributed by atoms with E-state index in [2.05, 4.69) is 50.0 Å². The summed E-state index contributed by atoms with van der Waals surface area (Å²) in [4.78, 5) is 0. The first-order valence-electron chi connectivity index (χ1n) is 7.00. The Hall–Kier alpha value is -1.18. The summed E-state index contributed by atoms with van der Waals surface area (Å²) in [5, 5.41) is 8.92. The van der Waals surface area contributed by atoms with E-state index in [4.69, 9.17) is 0 Å². The molecule has 0 heterocycles. The molecule has 0 aliphatic heterocycles. The van der Waals surface area contributed by atoms with Gasteiger partial charge in [0.25, 0.3) is 0 Å². The van der Waals surface area contributed by atoms with Gasteiger partial charge >= 0.3 is 0 Å². The second-order valence-corrected chi connectivity index (χ2v) is 6.19. The van der Waals surface area contributed by atoms with Crippen molar-refractivity contribution in [3.8, 4) is 0 Å². The van der Waals surface area contributed by atoms with Crippen LogP contribution >= 0.6 is 0 Å². The van der Waals surface area contributed by atoms with Gasteiger partial charge in [-0.05, 0) is 63.5 Å². The van der Waals surface area contributed by atoms with Crippen LogP contribution in [0, 0.1) is 11.8 Å². The molecular weight excluding hydrogens is 220 g/mol. The third-order valence-corrected chi connectivity index (χ3v) is 3.59. The zero-order chi connectivity index (χ0) is 13.1. The van der Waals surface area contributed by atoms with E-state index in [0.29, 0.717) is 11.8 Å². The van der Waals surface area contributed by atoms with Crippen LogP contribution in [0.3, 0.4) is 0 Å². The number of nitrogens with zero attached hydrogens (tertiary/aromatic N) is 2. The molecule has 0 amide bonds. The molecular formula is C16H24N2. The van der Waals surface area contributed by atoms with Crippen molar-refractivity contribution in [2.75, 3.05) is 0 Å². The van der Waals surface area contributed by atoms with Crippen molar-refractivity contribution in [1.82, 2.24) is 0 Å². The first-order chi connectivity index (χ1) is 8.52. The first-order valence-corrected chi connectivity index (χ1v) is 7.00. The maximum absolute atomic E-state index is 4.46. The van der Waals surface area contributed by atoms with Crippen molar-refractivity contribution in [2.24, 2.45) is 22.0 Å². The SMILES string of the molecule is CC1=C/C(=N\N=C2/C=C(C)CC(C)C2)CC(C)C1. The van der Waals surface area contributed by atoms with Gasteiger partial charge in [-0.1, -0.05) is 25.0 Å². The minimum Gasteiger partial charge on any atom is -0.155 e. The molecule has 2 aliphatic carbocycles. The van der Waals surface area contributed by atoms with Crippen LogP contribution in [0.15, 0.2) is 33.5 Å². The summed E-state index contributed by atoms with van der Waals surface area (Å²) in [6.45, 7) is 8.94. The largest absolute Gasteiger partial charge is 0.155 e. The molecule has 0 saturated heterocycles. The molecule has 2 heteroatoms. The lowest BCUT2D eigenvalue weighted by atomic mass is 9.90. The van der Waals surface area contributed by atoms with Crippen molar-refractivity contribution in [3.63, 3.8) is 0 Å². The highest BCUT2D eigenvalue weighted by molar-refractivity contribution is 5.99. The Morgan fingerprint density at radius 2 is 1.17 bits per heavy atom. The fraction of sp³-hybridized carbons (Fsp3) is 0.625. The first kappa shape index (κ1) is 13.3. The summed E-state index contributed by atoms with van der Waals surface area (Å²) in [7, 11) is 0. The zero-order valence-corrected chi connectivity index (χ0v) is 12.0. The summed E-state index contributed by atoms with van der Waals surface area (Å²) in [5.41, 5.74) is 5.14. The number of hydrogen-bond donors (Lipinski definition) is 0. The van der Waals surface area contributed by atoms with Crippen molar-refractivity contribution < 1.29 is 0 Å². The number of allylic oxidation sites excluding steroid dienone is 4. The van der Waals surface area contributed by atoms with Crippen LogP contribution in [0.1, 0.15) is 53.4 Å². The summed E-state index contributed by atoms with van der Waals surface area (Å²) in [6, 6.07) is 0. The van der Waals surface area contributed by atoms with E-state index in [1.807, 2.05) is 0 Å². The molecule has 2 atom stereocenters.